The van der Waals surface area contributed by atoms with Crippen molar-refractivity contribution in [1.29, 1.82) is 0 Å². The number of nitrogens with one attached hydrogen (secondary N) is 1. The lowest BCUT2D eigenvalue weighted by Gasteiger charge is -2.35. The minimum Gasteiger partial charge on any atom is -0.369 e. The van der Waals surface area contributed by atoms with E-state index in [1.165, 1.54) is 0 Å². The molecule has 1 N–H and O–H groups in total. The van der Waals surface area contributed by atoms with Crippen LogP contribution in [0.5, 0.6) is 0 Å². The van der Waals surface area contributed by atoms with E-state index < -0.39 is 10.0 Å². The normalized spacial score (nSPS) is 15.5. The van der Waals surface area contributed by atoms with Crippen LogP contribution in [0.4, 0.5) is 11.4 Å². The lowest BCUT2D eigenvalue weighted by atomic mass is 10.1. The summed E-state index contributed by atoms with van der Waals surface area (Å²) in [5, 5.41) is 2.91. The first-order valence-corrected chi connectivity index (χ1v) is 10.8. The summed E-state index contributed by atoms with van der Waals surface area (Å²) in [5.41, 5.74) is 2.77. The molecule has 2 aromatic rings. The van der Waals surface area contributed by atoms with E-state index in [1.54, 1.807) is 11.2 Å². The molecule has 1 heterocycles. The number of piperazine rings is 1. The molecule has 0 spiro atoms. The van der Waals surface area contributed by atoms with E-state index in [0.29, 0.717) is 32.6 Å². The molecule has 1 saturated heterocycles. The van der Waals surface area contributed by atoms with Crippen molar-refractivity contribution < 1.29 is 13.2 Å². The molecule has 0 radical (unpaired) electrons. The largest absolute Gasteiger partial charge is 0.369 e. The zero-order valence-electron chi connectivity index (χ0n) is 15.5. The van der Waals surface area contributed by atoms with E-state index in [0.717, 1.165) is 16.9 Å². The number of sulfonamides is 1. The molecule has 0 aromatic heterocycles. The van der Waals surface area contributed by atoms with Crippen molar-refractivity contribution in [2.45, 2.75) is 13.3 Å². The molecule has 27 heavy (non-hydrogen) atoms. The molecular formula is C20H25N3O3S. The van der Waals surface area contributed by atoms with Gasteiger partial charge in [-0.1, -0.05) is 30.3 Å². The molecule has 1 amide bonds. The van der Waals surface area contributed by atoms with Crippen molar-refractivity contribution in [3.05, 3.63) is 60.2 Å². The number of rotatable bonds is 6. The van der Waals surface area contributed by atoms with Gasteiger partial charge in [-0.3, -0.25) is 4.79 Å². The second-order valence-electron chi connectivity index (χ2n) is 6.54. The topological polar surface area (TPSA) is 69.7 Å². The lowest BCUT2D eigenvalue weighted by molar-refractivity contribution is -0.115. The van der Waals surface area contributed by atoms with Gasteiger partial charge in [0.15, 0.2) is 0 Å². The molecule has 1 fully saturated rings. The average molecular weight is 388 g/mol. The average Bonchev–Trinajstić information content (AvgIpc) is 2.69. The summed E-state index contributed by atoms with van der Waals surface area (Å²) in [4.78, 5) is 14.3. The number of amides is 1. The van der Waals surface area contributed by atoms with Crippen LogP contribution < -0.4 is 10.2 Å². The maximum atomic E-state index is 12.1. The number of hydrogen-bond donors (Lipinski definition) is 1. The number of hydrogen-bond acceptors (Lipinski definition) is 4. The first-order valence-electron chi connectivity index (χ1n) is 9.14. The standard InChI is InChI=1S/C20H25N3O3S/c1-2-27(25,26)23-14-12-22(13-15-23)19-10-8-18(9-11-19)21-20(24)16-17-6-4-3-5-7-17/h3-11H,2,12-16H2,1H3,(H,21,24). The molecule has 0 aliphatic carbocycles. The van der Waals surface area contributed by atoms with E-state index in [1.807, 2.05) is 54.6 Å². The van der Waals surface area contributed by atoms with E-state index in [2.05, 4.69) is 10.2 Å². The SMILES string of the molecule is CCS(=O)(=O)N1CCN(c2ccc(NC(=O)Cc3ccccc3)cc2)CC1. The Morgan fingerprint density at radius 2 is 1.59 bits per heavy atom. The summed E-state index contributed by atoms with van der Waals surface area (Å²) < 4.78 is 25.4. The summed E-state index contributed by atoms with van der Waals surface area (Å²) in [6.07, 6.45) is 0.344. The van der Waals surface area contributed by atoms with Crippen LogP contribution in [-0.4, -0.2) is 50.6 Å². The smallest absolute Gasteiger partial charge is 0.228 e. The lowest BCUT2D eigenvalue weighted by Crippen LogP contribution is -2.49. The molecule has 0 atom stereocenters. The van der Waals surface area contributed by atoms with Gasteiger partial charge in [-0.25, -0.2) is 8.42 Å². The molecule has 7 heteroatoms. The second-order valence-corrected chi connectivity index (χ2v) is 8.80. The van der Waals surface area contributed by atoms with Crippen LogP contribution in [0.1, 0.15) is 12.5 Å². The van der Waals surface area contributed by atoms with Crippen LogP contribution in [0.2, 0.25) is 0 Å². The Labute approximate surface area is 160 Å². The van der Waals surface area contributed by atoms with Gasteiger partial charge in [0, 0.05) is 37.6 Å². The van der Waals surface area contributed by atoms with Crippen LogP contribution in [0.25, 0.3) is 0 Å². The Morgan fingerprint density at radius 3 is 2.19 bits per heavy atom. The van der Waals surface area contributed by atoms with E-state index >= 15 is 0 Å². The van der Waals surface area contributed by atoms with Gasteiger partial charge < -0.3 is 10.2 Å². The van der Waals surface area contributed by atoms with Crippen molar-refractivity contribution in [3.63, 3.8) is 0 Å². The highest BCUT2D eigenvalue weighted by Gasteiger charge is 2.25. The van der Waals surface area contributed by atoms with E-state index in [-0.39, 0.29) is 11.7 Å². The van der Waals surface area contributed by atoms with Gasteiger partial charge in [-0.15, -0.1) is 0 Å². The number of anilines is 2. The zero-order chi connectivity index (χ0) is 19.3. The quantitative estimate of drug-likeness (QED) is 0.826. The first kappa shape index (κ1) is 19.4. The second kappa shape index (κ2) is 8.54. The first-order chi connectivity index (χ1) is 13.0. The predicted molar refractivity (Wildman–Crippen MR) is 108 cm³/mol. The summed E-state index contributed by atoms with van der Waals surface area (Å²) >= 11 is 0. The molecule has 0 bridgehead atoms. The van der Waals surface area contributed by atoms with Crippen molar-refractivity contribution >= 4 is 27.3 Å². The highest BCUT2D eigenvalue weighted by Crippen LogP contribution is 2.20. The Morgan fingerprint density at radius 1 is 0.963 bits per heavy atom. The van der Waals surface area contributed by atoms with Gasteiger partial charge in [0.1, 0.15) is 0 Å². The molecule has 1 aliphatic heterocycles. The minimum absolute atomic E-state index is 0.0488. The molecule has 3 rings (SSSR count). The third-order valence-electron chi connectivity index (χ3n) is 4.72. The number of benzene rings is 2. The Hall–Kier alpha value is -2.38. The zero-order valence-corrected chi connectivity index (χ0v) is 16.3. The number of nitrogens with zero attached hydrogens (tertiary/aromatic N) is 2. The third kappa shape index (κ3) is 5.08. The van der Waals surface area contributed by atoms with Crippen molar-refractivity contribution in [2.24, 2.45) is 0 Å². The molecule has 0 unspecified atom stereocenters. The van der Waals surface area contributed by atoms with Crippen LogP contribution in [0.3, 0.4) is 0 Å². The van der Waals surface area contributed by atoms with Crippen molar-refractivity contribution in [3.8, 4) is 0 Å². The fourth-order valence-corrected chi connectivity index (χ4v) is 4.23. The van der Waals surface area contributed by atoms with Crippen LogP contribution in [-0.2, 0) is 21.2 Å². The van der Waals surface area contributed by atoms with Gasteiger partial charge in [0.05, 0.1) is 12.2 Å². The predicted octanol–water partition coefficient (Wildman–Crippen LogP) is 2.34. The Kier molecular flexibility index (Phi) is 6.13. The molecule has 2 aromatic carbocycles. The Balaban J connectivity index is 1.54. The van der Waals surface area contributed by atoms with E-state index in [4.69, 9.17) is 0 Å². The minimum atomic E-state index is -3.11. The van der Waals surface area contributed by atoms with Crippen LogP contribution >= 0.6 is 0 Å². The molecule has 6 nitrogen and oxygen atoms in total. The van der Waals surface area contributed by atoms with Crippen LogP contribution in [0.15, 0.2) is 54.6 Å². The number of carbonyl (C=O) groups is 1. The fourth-order valence-electron chi connectivity index (χ4n) is 3.15. The maximum absolute atomic E-state index is 12.1. The fraction of sp³-hybridized carbons (Fsp3) is 0.350. The maximum Gasteiger partial charge on any atom is 0.228 e. The molecular weight excluding hydrogens is 362 g/mol. The summed E-state index contributed by atoms with van der Waals surface area (Å²) in [5.74, 6) is 0.0945. The summed E-state index contributed by atoms with van der Waals surface area (Å²) in [6.45, 7) is 4.02. The van der Waals surface area contributed by atoms with Crippen molar-refractivity contribution in [1.82, 2.24) is 4.31 Å². The van der Waals surface area contributed by atoms with Gasteiger partial charge in [0.25, 0.3) is 0 Å². The van der Waals surface area contributed by atoms with Gasteiger partial charge >= 0.3 is 0 Å². The Bertz CT molecular complexity index is 859. The van der Waals surface area contributed by atoms with Crippen LogP contribution in [0, 0.1) is 0 Å². The summed E-state index contributed by atoms with van der Waals surface area (Å²) in [6, 6.07) is 17.3. The molecule has 144 valence electrons. The van der Waals surface area contributed by atoms with E-state index in [9.17, 15) is 13.2 Å². The molecule has 1 aliphatic rings. The highest BCUT2D eigenvalue weighted by atomic mass is 32.2. The number of carbonyl (C=O) groups excluding carboxylic acids is 1. The van der Waals surface area contributed by atoms with Crippen molar-refractivity contribution in [2.75, 3.05) is 42.1 Å². The molecule has 0 saturated carbocycles. The third-order valence-corrected chi connectivity index (χ3v) is 6.60. The monoisotopic (exact) mass is 387 g/mol. The van der Waals surface area contributed by atoms with Gasteiger partial charge in [0.2, 0.25) is 15.9 Å². The van der Waals surface area contributed by atoms with Gasteiger partial charge in [-0.2, -0.15) is 4.31 Å². The highest BCUT2D eigenvalue weighted by molar-refractivity contribution is 7.89. The van der Waals surface area contributed by atoms with Gasteiger partial charge in [-0.05, 0) is 36.8 Å². The summed E-state index contributed by atoms with van der Waals surface area (Å²) in [7, 11) is -3.11.